The zero-order valence-electron chi connectivity index (χ0n) is 16.5. The molecule has 0 saturated heterocycles. The summed E-state index contributed by atoms with van der Waals surface area (Å²) in [4.78, 5) is 15.9. The van der Waals surface area contributed by atoms with Gasteiger partial charge in [0, 0.05) is 31.4 Å². The molecule has 7 nitrogen and oxygen atoms in total. The number of amides is 1. The van der Waals surface area contributed by atoms with Crippen LogP contribution in [-0.2, 0) is 28.3 Å². The average molecular weight is 435 g/mol. The van der Waals surface area contributed by atoms with Crippen molar-refractivity contribution in [3.63, 3.8) is 0 Å². The molecule has 154 valence electrons. The van der Waals surface area contributed by atoms with Gasteiger partial charge in [0.15, 0.2) is 0 Å². The van der Waals surface area contributed by atoms with Gasteiger partial charge in [-0.3, -0.25) is 9.48 Å². The van der Waals surface area contributed by atoms with Crippen LogP contribution in [0, 0.1) is 6.92 Å². The van der Waals surface area contributed by atoms with E-state index < -0.39 is 15.9 Å². The summed E-state index contributed by atoms with van der Waals surface area (Å²) in [6.45, 7) is 3.20. The van der Waals surface area contributed by atoms with Crippen LogP contribution in [0.5, 0.6) is 0 Å². The highest BCUT2D eigenvalue weighted by molar-refractivity contribution is 7.89. The number of halogens is 1. The Labute approximate surface area is 175 Å². The van der Waals surface area contributed by atoms with Crippen LogP contribution in [0.15, 0.2) is 47.4 Å². The Morgan fingerprint density at radius 1 is 1.21 bits per heavy atom. The van der Waals surface area contributed by atoms with Crippen LogP contribution in [0.4, 0.5) is 0 Å². The zero-order valence-corrected chi connectivity index (χ0v) is 18.1. The second-order valence-electron chi connectivity index (χ2n) is 6.66. The molecule has 0 aliphatic rings. The van der Waals surface area contributed by atoms with Gasteiger partial charge in [-0.05, 0) is 38.0 Å². The first-order chi connectivity index (χ1) is 13.8. The molecule has 9 heteroatoms. The highest BCUT2D eigenvalue weighted by Crippen LogP contribution is 2.28. The van der Waals surface area contributed by atoms with E-state index in [0.717, 1.165) is 21.3 Å². The molecule has 1 N–H and O–H groups in total. The minimum atomic E-state index is -4.07. The number of nitrogens with one attached hydrogen (secondary N) is 1. The van der Waals surface area contributed by atoms with Crippen molar-refractivity contribution < 1.29 is 13.2 Å². The minimum absolute atomic E-state index is 0.00868. The second kappa shape index (κ2) is 8.42. The Balaban J connectivity index is 1.75. The second-order valence-corrected chi connectivity index (χ2v) is 8.81. The number of aromatic nitrogens is 3. The summed E-state index contributed by atoms with van der Waals surface area (Å²) in [6, 6.07) is 13.7. The van der Waals surface area contributed by atoms with E-state index in [9.17, 15) is 13.2 Å². The highest BCUT2D eigenvalue weighted by atomic mass is 35.5. The van der Waals surface area contributed by atoms with Gasteiger partial charge in [0.2, 0.25) is 5.91 Å². The molecule has 1 aromatic carbocycles. The molecule has 0 spiro atoms. The van der Waals surface area contributed by atoms with Gasteiger partial charge in [-0.1, -0.05) is 41.9 Å². The lowest BCUT2D eigenvalue weighted by Gasteiger charge is -2.20. The molecule has 0 aliphatic heterocycles. The van der Waals surface area contributed by atoms with Crippen molar-refractivity contribution in [3.05, 3.63) is 59.0 Å². The maximum absolute atomic E-state index is 13.0. The summed E-state index contributed by atoms with van der Waals surface area (Å²) in [6.07, 6.45) is 0.455. The van der Waals surface area contributed by atoms with Crippen LogP contribution in [0.2, 0.25) is 5.15 Å². The van der Waals surface area contributed by atoms with Gasteiger partial charge < -0.3 is 4.98 Å². The molecule has 3 rings (SSSR count). The standard InChI is InChI=1S/C20H23ClN4O3S/c1-4-25(29(27,28)19-14(2)23-24(3)20(19)21)18(26)13-11-16-10-12-17(22-16)15-8-6-5-7-9-15/h5-10,12,22H,4,11,13H2,1-3H3. The molecule has 0 atom stereocenters. The fourth-order valence-corrected chi connectivity index (χ4v) is 5.38. The Morgan fingerprint density at radius 3 is 2.48 bits per heavy atom. The molecule has 0 aliphatic carbocycles. The summed E-state index contributed by atoms with van der Waals surface area (Å²) in [5, 5.41) is 4.03. The number of aryl methyl sites for hydroxylation is 3. The molecule has 3 aromatic rings. The lowest BCUT2D eigenvalue weighted by Crippen LogP contribution is -2.37. The summed E-state index contributed by atoms with van der Waals surface area (Å²) < 4.78 is 28.2. The van der Waals surface area contributed by atoms with E-state index in [4.69, 9.17) is 11.6 Å². The largest absolute Gasteiger partial charge is 0.358 e. The van der Waals surface area contributed by atoms with Crippen molar-refractivity contribution in [2.24, 2.45) is 7.05 Å². The molecule has 0 unspecified atom stereocenters. The van der Waals surface area contributed by atoms with Crippen molar-refractivity contribution in [3.8, 4) is 11.3 Å². The summed E-state index contributed by atoms with van der Waals surface area (Å²) in [5.74, 6) is -0.484. The number of carbonyl (C=O) groups excluding carboxylic acids is 1. The molecular weight excluding hydrogens is 412 g/mol. The van der Waals surface area contributed by atoms with Gasteiger partial charge in [0.25, 0.3) is 10.0 Å². The third-order valence-corrected chi connectivity index (χ3v) is 7.25. The van der Waals surface area contributed by atoms with E-state index in [1.165, 1.54) is 4.68 Å². The maximum Gasteiger partial charge on any atom is 0.271 e. The minimum Gasteiger partial charge on any atom is -0.358 e. The number of nitrogens with zero attached hydrogens (tertiary/aromatic N) is 3. The third-order valence-electron chi connectivity index (χ3n) is 4.65. The van der Waals surface area contributed by atoms with Gasteiger partial charge in [0.1, 0.15) is 10.0 Å². The number of benzene rings is 1. The molecule has 1 amide bonds. The monoisotopic (exact) mass is 434 g/mol. The average Bonchev–Trinajstić information content (AvgIpc) is 3.25. The maximum atomic E-state index is 13.0. The number of carbonyl (C=O) groups is 1. The lowest BCUT2D eigenvalue weighted by molar-refractivity contribution is -0.126. The van der Waals surface area contributed by atoms with Gasteiger partial charge >= 0.3 is 0 Å². The quantitative estimate of drug-likeness (QED) is 0.615. The van der Waals surface area contributed by atoms with E-state index in [-0.39, 0.29) is 28.7 Å². The van der Waals surface area contributed by atoms with E-state index >= 15 is 0 Å². The Kier molecular flexibility index (Phi) is 6.14. The van der Waals surface area contributed by atoms with Gasteiger partial charge in [0.05, 0.1) is 5.69 Å². The van der Waals surface area contributed by atoms with Gasteiger partial charge in [-0.25, -0.2) is 12.7 Å². The Morgan fingerprint density at radius 2 is 1.90 bits per heavy atom. The fraction of sp³-hybridized carbons (Fsp3) is 0.300. The van der Waals surface area contributed by atoms with Crippen molar-refractivity contribution in [1.29, 1.82) is 0 Å². The molecular formula is C20H23ClN4O3S. The van der Waals surface area contributed by atoms with E-state index in [1.54, 1.807) is 20.9 Å². The lowest BCUT2D eigenvalue weighted by atomic mass is 10.2. The molecule has 0 fully saturated rings. The predicted octanol–water partition coefficient (Wildman–Crippen LogP) is 3.55. The summed E-state index contributed by atoms with van der Waals surface area (Å²) in [7, 11) is -2.52. The molecule has 2 heterocycles. The molecule has 29 heavy (non-hydrogen) atoms. The first-order valence-corrected chi connectivity index (χ1v) is 11.1. The van der Waals surface area contributed by atoms with Crippen LogP contribution in [0.3, 0.4) is 0 Å². The van der Waals surface area contributed by atoms with Crippen LogP contribution in [0.1, 0.15) is 24.7 Å². The SMILES string of the molecule is CCN(C(=O)CCc1ccc(-c2ccccc2)[nH]1)S(=O)(=O)c1c(C)nn(C)c1Cl. The van der Waals surface area contributed by atoms with Crippen LogP contribution in [0.25, 0.3) is 11.3 Å². The topological polar surface area (TPSA) is 88.1 Å². The molecule has 0 bridgehead atoms. The fourth-order valence-electron chi connectivity index (χ4n) is 3.23. The predicted molar refractivity (Wildman–Crippen MR) is 112 cm³/mol. The van der Waals surface area contributed by atoms with Crippen molar-refractivity contribution in [2.75, 3.05) is 6.54 Å². The summed E-state index contributed by atoms with van der Waals surface area (Å²) >= 11 is 6.12. The zero-order chi connectivity index (χ0) is 21.2. The number of H-pyrrole nitrogens is 1. The Bertz CT molecular complexity index is 1120. The third kappa shape index (κ3) is 4.23. The van der Waals surface area contributed by atoms with Crippen LogP contribution in [-0.4, -0.2) is 39.9 Å². The molecule has 2 aromatic heterocycles. The smallest absolute Gasteiger partial charge is 0.271 e. The number of hydrogen-bond acceptors (Lipinski definition) is 4. The Hall–Kier alpha value is -2.58. The normalized spacial score (nSPS) is 11.6. The number of rotatable bonds is 7. The number of aromatic amines is 1. The molecule has 0 saturated carbocycles. The number of hydrogen-bond donors (Lipinski definition) is 1. The molecule has 0 radical (unpaired) electrons. The van der Waals surface area contributed by atoms with Gasteiger partial charge in [-0.15, -0.1) is 0 Å². The van der Waals surface area contributed by atoms with Crippen molar-refractivity contribution >= 4 is 27.5 Å². The first kappa shape index (κ1) is 21.1. The summed E-state index contributed by atoms with van der Waals surface area (Å²) in [5.41, 5.74) is 3.12. The van der Waals surface area contributed by atoms with E-state index in [1.807, 2.05) is 42.5 Å². The van der Waals surface area contributed by atoms with E-state index in [2.05, 4.69) is 10.1 Å². The van der Waals surface area contributed by atoms with Gasteiger partial charge in [-0.2, -0.15) is 5.10 Å². The van der Waals surface area contributed by atoms with E-state index in [0.29, 0.717) is 6.42 Å². The first-order valence-electron chi connectivity index (χ1n) is 9.23. The van der Waals surface area contributed by atoms with Crippen molar-refractivity contribution in [2.45, 2.75) is 31.6 Å². The van der Waals surface area contributed by atoms with Crippen LogP contribution < -0.4 is 0 Å². The number of sulfonamides is 1. The van der Waals surface area contributed by atoms with Crippen molar-refractivity contribution in [1.82, 2.24) is 19.1 Å². The highest BCUT2D eigenvalue weighted by Gasteiger charge is 2.33. The van der Waals surface area contributed by atoms with Crippen LogP contribution >= 0.6 is 11.6 Å².